The molecule has 2 N–H and O–H groups in total. The first kappa shape index (κ1) is 20.5. The minimum absolute atomic E-state index is 0.478. The number of nitrogens with one attached hydrogen (secondary N) is 2. The van der Waals surface area contributed by atoms with E-state index in [1.807, 2.05) is 64.2 Å². The largest absolute Gasteiger partial charge is 0.373 e. The second-order valence-corrected chi connectivity index (χ2v) is 6.38. The number of hydrogen-bond donors (Lipinski definition) is 2. The number of pyridine rings is 2. The highest BCUT2D eigenvalue weighted by atomic mass is 35.5. The maximum absolute atomic E-state index is 6.27. The first-order valence-electron chi connectivity index (χ1n) is 9.43. The third-order valence-electron chi connectivity index (χ3n) is 4.36. The summed E-state index contributed by atoms with van der Waals surface area (Å²) in [6.45, 7) is 6.04. The summed E-state index contributed by atoms with van der Waals surface area (Å²) in [4.78, 5) is 17.3. The lowest BCUT2D eigenvalue weighted by molar-refractivity contribution is 1.16. The van der Waals surface area contributed by atoms with Gasteiger partial charge in [-0.15, -0.1) is 0 Å². The fourth-order valence-electron chi connectivity index (χ4n) is 2.97. The van der Waals surface area contributed by atoms with Gasteiger partial charge in [-0.2, -0.15) is 0 Å². The van der Waals surface area contributed by atoms with Gasteiger partial charge in [0.1, 0.15) is 23.1 Å². The van der Waals surface area contributed by atoms with Gasteiger partial charge in [-0.3, -0.25) is 0 Å². The van der Waals surface area contributed by atoms with Crippen molar-refractivity contribution < 1.29 is 0 Å². The van der Waals surface area contributed by atoms with Gasteiger partial charge in [-0.25, -0.2) is 19.9 Å². The zero-order valence-electron chi connectivity index (χ0n) is 16.9. The Morgan fingerprint density at radius 1 is 0.897 bits per heavy atom. The van der Waals surface area contributed by atoms with Crippen molar-refractivity contribution in [1.82, 2.24) is 19.9 Å². The molecule has 0 aliphatic carbocycles. The first-order valence-corrected chi connectivity index (χ1v) is 9.81. The van der Waals surface area contributed by atoms with Gasteiger partial charge in [0.05, 0.1) is 11.4 Å². The lowest BCUT2D eigenvalue weighted by Gasteiger charge is -2.15. The number of rotatable bonds is 4. The monoisotopic (exact) mass is 406 g/mol. The quantitative estimate of drug-likeness (QED) is 0.413. The van der Waals surface area contributed by atoms with Crippen molar-refractivity contribution in [3.05, 3.63) is 65.8 Å². The summed E-state index contributed by atoms with van der Waals surface area (Å²) in [6, 6.07) is 11.7. The molecule has 0 saturated heterocycles. The molecule has 1 aromatic carbocycles. The van der Waals surface area contributed by atoms with E-state index in [9.17, 15) is 0 Å². The number of halogens is 1. The SMILES string of the molecule is CC.CNc1cc(-c2cccnc2Nc2c(C)ccc3c(Cl)nccc23)ncn1. The van der Waals surface area contributed by atoms with Crippen LogP contribution in [-0.4, -0.2) is 27.0 Å². The molecule has 29 heavy (non-hydrogen) atoms. The Kier molecular flexibility index (Phi) is 6.57. The number of hydrogen-bond acceptors (Lipinski definition) is 6. The van der Waals surface area contributed by atoms with Gasteiger partial charge < -0.3 is 10.6 Å². The highest BCUT2D eigenvalue weighted by Gasteiger charge is 2.13. The topological polar surface area (TPSA) is 75.6 Å². The van der Waals surface area contributed by atoms with Crippen LogP contribution in [0.2, 0.25) is 5.15 Å². The van der Waals surface area contributed by atoms with Crippen LogP contribution in [0.4, 0.5) is 17.3 Å². The van der Waals surface area contributed by atoms with Crippen molar-refractivity contribution in [1.29, 1.82) is 0 Å². The molecule has 148 valence electrons. The Bertz CT molecular complexity index is 1130. The zero-order chi connectivity index (χ0) is 20.8. The predicted octanol–water partition coefficient (Wildman–Crippen LogP) is 5.86. The molecule has 0 amide bonds. The van der Waals surface area contributed by atoms with Gasteiger partial charge in [-0.1, -0.05) is 37.6 Å². The Balaban J connectivity index is 0.00000117. The smallest absolute Gasteiger partial charge is 0.139 e. The van der Waals surface area contributed by atoms with E-state index in [-0.39, 0.29) is 0 Å². The predicted molar refractivity (Wildman–Crippen MR) is 121 cm³/mol. The third kappa shape index (κ3) is 4.27. The van der Waals surface area contributed by atoms with Gasteiger partial charge in [0, 0.05) is 41.8 Å². The van der Waals surface area contributed by atoms with E-state index in [2.05, 4.69) is 30.6 Å². The van der Waals surface area contributed by atoms with Crippen LogP contribution in [0.5, 0.6) is 0 Å². The summed E-state index contributed by atoms with van der Waals surface area (Å²) in [6.07, 6.45) is 4.99. The summed E-state index contributed by atoms with van der Waals surface area (Å²) < 4.78 is 0. The fraction of sp³-hybridized carbons (Fsp3) is 0.182. The molecular weight excluding hydrogens is 384 g/mol. The number of benzene rings is 1. The molecule has 4 rings (SSSR count). The van der Waals surface area contributed by atoms with Crippen molar-refractivity contribution in [2.75, 3.05) is 17.7 Å². The van der Waals surface area contributed by atoms with Gasteiger partial charge >= 0.3 is 0 Å². The first-order chi connectivity index (χ1) is 14.2. The van der Waals surface area contributed by atoms with Gasteiger partial charge in [0.15, 0.2) is 0 Å². The van der Waals surface area contributed by atoms with Crippen LogP contribution in [0.1, 0.15) is 19.4 Å². The molecule has 0 saturated carbocycles. The molecule has 3 aromatic heterocycles. The molecule has 0 atom stereocenters. The summed E-state index contributed by atoms with van der Waals surface area (Å²) in [5.74, 6) is 1.45. The van der Waals surface area contributed by atoms with Crippen LogP contribution < -0.4 is 10.6 Å². The van der Waals surface area contributed by atoms with Crippen LogP contribution in [0, 0.1) is 6.92 Å². The highest BCUT2D eigenvalue weighted by molar-refractivity contribution is 6.34. The van der Waals surface area contributed by atoms with E-state index in [1.54, 1.807) is 12.4 Å². The van der Waals surface area contributed by atoms with Crippen molar-refractivity contribution >= 4 is 39.7 Å². The molecule has 0 radical (unpaired) electrons. The minimum atomic E-state index is 0.478. The normalized spacial score (nSPS) is 10.2. The minimum Gasteiger partial charge on any atom is -0.373 e. The molecule has 0 spiro atoms. The van der Waals surface area contributed by atoms with Crippen LogP contribution in [0.25, 0.3) is 22.0 Å². The standard InChI is InChI=1S/C20H17ClN6.C2H6/c1-12-5-6-14-13(7-9-23-19(14)21)18(12)27-20-15(4-3-8-24-20)16-10-17(22-2)26-11-25-16;1-2/h3-11H,1-2H3,(H,24,27)(H,22,25,26);1-2H3. The molecule has 0 aliphatic heterocycles. The molecule has 0 unspecified atom stereocenters. The van der Waals surface area contributed by atoms with Crippen molar-refractivity contribution in [3.63, 3.8) is 0 Å². The van der Waals surface area contributed by atoms with E-state index < -0.39 is 0 Å². The Morgan fingerprint density at radius 3 is 2.52 bits per heavy atom. The molecule has 0 aliphatic rings. The highest BCUT2D eigenvalue weighted by Crippen LogP contribution is 2.34. The van der Waals surface area contributed by atoms with Crippen molar-refractivity contribution in [2.24, 2.45) is 0 Å². The van der Waals surface area contributed by atoms with Crippen LogP contribution in [0.3, 0.4) is 0 Å². The molecule has 4 aromatic rings. The number of aryl methyl sites for hydroxylation is 1. The summed E-state index contributed by atoms with van der Waals surface area (Å²) in [5, 5.41) is 8.86. The molecule has 0 fully saturated rings. The second-order valence-electron chi connectivity index (χ2n) is 6.02. The van der Waals surface area contributed by atoms with Crippen molar-refractivity contribution in [3.8, 4) is 11.3 Å². The van der Waals surface area contributed by atoms with E-state index in [1.165, 1.54) is 6.33 Å². The van der Waals surface area contributed by atoms with Gasteiger partial charge in [-0.05, 0) is 30.7 Å². The average molecular weight is 407 g/mol. The van der Waals surface area contributed by atoms with Gasteiger partial charge in [0.25, 0.3) is 0 Å². The van der Waals surface area contributed by atoms with E-state index in [0.29, 0.717) is 11.0 Å². The van der Waals surface area contributed by atoms with E-state index >= 15 is 0 Å². The Hall–Kier alpha value is -3.25. The molecule has 7 heteroatoms. The van der Waals surface area contributed by atoms with Gasteiger partial charge in [0.2, 0.25) is 0 Å². The molecular formula is C22H23ClN6. The van der Waals surface area contributed by atoms with Crippen molar-refractivity contribution in [2.45, 2.75) is 20.8 Å². The van der Waals surface area contributed by atoms with E-state index in [0.717, 1.165) is 39.1 Å². The number of fused-ring (bicyclic) bond motifs is 1. The zero-order valence-corrected chi connectivity index (χ0v) is 17.6. The van der Waals surface area contributed by atoms with Crippen LogP contribution in [-0.2, 0) is 0 Å². The third-order valence-corrected chi connectivity index (χ3v) is 4.66. The van der Waals surface area contributed by atoms with Crippen LogP contribution in [0.15, 0.2) is 55.1 Å². The fourth-order valence-corrected chi connectivity index (χ4v) is 3.19. The summed E-state index contributed by atoms with van der Waals surface area (Å²) in [7, 11) is 1.83. The Labute approximate surface area is 175 Å². The molecule has 6 nitrogen and oxygen atoms in total. The lowest BCUT2D eigenvalue weighted by atomic mass is 10.1. The average Bonchev–Trinajstić information content (AvgIpc) is 2.77. The summed E-state index contributed by atoms with van der Waals surface area (Å²) in [5.41, 5.74) is 3.69. The Morgan fingerprint density at radius 2 is 1.72 bits per heavy atom. The second kappa shape index (κ2) is 9.30. The molecule has 0 bridgehead atoms. The maximum atomic E-state index is 6.27. The van der Waals surface area contributed by atoms with Crippen LogP contribution >= 0.6 is 11.6 Å². The maximum Gasteiger partial charge on any atom is 0.139 e. The lowest BCUT2D eigenvalue weighted by Crippen LogP contribution is -2.01. The summed E-state index contributed by atoms with van der Waals surface area (Å²) >= 11 is 6.27. The van der Waals surface area contributed by atoms with E-state index in [4.69, 9.17) is 11.6 Å². The molecule has 3 heterocycles. The number of anilines is 3. The number of nitrogens with zero attached hydrogens (tertiary/aromatic N) is 4. The number of aromatic nitrogens is 4.